The van der Waals surface area contributed by atoms with Gasteiger partial charge in [-0.25, -0.2) is 9.97 Å². The average molecular weight is 528 g/mol. The Hall–Kier alpha value is -4.24. The van der Waals surface area contributed by atoms with Gasteiger partial charge in [0.1, 0.15) is 17.7 Å². The Kier molecular flexibility index (Phi) is 5.68. The van der Waals surface area contributed by atoms with Crippen LogP contribution in [0.4, 0.5) is 5.69 Å². The van der Waals surface area contributed by atoms with Crippen LogP contribution in [-0.2, 0) is 0 Å². The van der Waals surface area contributed by atoms with Crippen LogP contribution in [0, 0.1) is 13.8 Å². The summed E-state index contributed by atoms with van der Waals surface area (Å²) in [6, 6.07) is 12.9. The maximum Gasteiger partial charge on any atom is 0.279 e. The van der Waals surface area contributed by atoms with E-state index in [0.717, 1.165) is 39.5 Å². The van der Waals surface area contributed by atoms with E-state index in [2.05, 4.69) is 33.6 Å². The molecule has 0 saturated heterocycles. The van der Waals surface area contributed by atoms with Crippen LogP contribution in [0.1, 0.15) is 59.1 Å². The molecule has 192 valence electrons. The minimum atomic E-state index is -0.418. The van der Waals surface area contributed by atoms with Crippen molar-refractivity contribution < 1.29 is 9.53 Å². The second-order valence-electron chi connectivity index (χ2n) is 9.67. The highest BCUT2D eigenvalue weighted by Gasteiger charge is 2.45. The predicted molar refractivity (Wildman–Crippen MR) is 145 cm³/mol. The molecule has 5 aromatic rings. The number of aromatic nitrogens is 6. The molecular formula is C28H26ClN7O2. The van der Waals surface area contributed by atoms with Crippen molar-refractivity contribution in [3.8, 4) is 17.3 Å². The average Bonchev–Trinajstić information content (AvgIpc) is 3.56. The zero-order valence-electron chi connectivity index (χ0n) is 21.7. The number of halogens is 1. The number of aryl methyl sites for hydroxylation is 2. The maximum absolute atomic E-state index is 14.2. The van der Waals surface area contributed by atoms with E-state index < -0.39 is 6.04 Å². The molecule has 0 fully saturated rings. The molecule has 5 heterocycles. The van der Waals surface area contributed by atoms with Crippen LogP contribution in [0.3, 0.4) is 0 Å². The van der Waals surface area contributed by atoms with Gasteiger partial charge in [-0.3, -0.25) is 14.1 Å². The Labute approximate surface area is 224 Å². The van der Waals surface area contributed by atoms with Gasteiger partial charge in [0.2, 0.25) is 5.88 Å². The normalized spacial score (nSPS) is 15.1. The van der Waals surface area contributed by atoms with Gasteiger partial charge < -0.3 is 9.30 Å². The first-order chi connectivity index (χ1) is 18.3. The number of amides is 1. The number of hydrogen-bond donors (Lipinski definition) is 0. The van der Waals surface area contributed by atoms with Crippen LogP contribution in [0.5, 0.6) is 5.88 Å². The van der Waals surface area contributed by atoms with E-state index in [1.807, 2.05) is 65.7 Å². The molecule has 0 radical (unpaired) electrons. The number of anilines is 1. The minimum Gasteiger partial charge on any atom is -0.481 e. The second kappa shape index (κ2) is 8.95. The number of hydrogen-bond acceptors (Lipinski definition) is 6. The van der Waals surface area contributed by atoms with Gasteiger partial charge in [0, 0.05) is 35.1 Å². The van der Waals surface area contributed by atoms with Gasteiger partial charge in [-0.05, 0) is 63.1 Å². The highest BCUT2D eigenvalue weighted by atomic mass is 35.5. The van der Waals surface area contributed by atoms with E-state index >= 15 is 0 Å². The van der Waals surface area contributed by atoms with Crippen molar-refractivity contribution in [2.45, 2.75) is 39.8 Å². The van der Waals surface area contributed by atoms with Crippen molar-refractivity contribution in [2.75, 3.05) is 12.0 Å². The molecule has 0 bridgehead atoms. The molecule has 9 nitrogen and oxygen atoms in total. The Balaban J connectivity index is 1.59. The van der Waals surface area contributed by atoms with Gasteiger partial charge in [-0.1, -0.05) is 23.7 Å². The van der Waals surface area contributed by atoms with Crippen molar-refractivity contribution in [2.24, 2.45) is 0 Å². The van der Waals surface area contributed by atoms with Crippen LogP contribution in [0.25, 0.3) is 17.0 Å². The summed E-state index contributed by atoms with van der Waals surface area (Å²) in [4.78, 5) is 25.3. The van der Waals surface area contributed by atoms with Crippen LogP contribution in [0.2, 0.25) is 5.02 Å². The highest BCUT2D eigenvalue weighted by molar-refractivity contribution is 6.30. The Bertz CT molecular complexity index is 1690. The quantitative estimate of drug-likeness (QED) is 0.295. The number of methoxy groups -OCH3 is 1. The topological polar surface area (TPSA) is 90.4 Å². The summed E-state index contributed by atoms with van der Waals surface area (Å²) in [5.74, 6) is 1.77. The number of carbonyl (C=O) groups excluding carboxylic acids is 1. The molecule has 0 saturated carbocycles. The molecule has 0 aliphatic carbocycles. The van der Waals surface area contributed by atoms with Crippen molar-refractivity contribution in [1.82, 2.24) is 29.1 Å². The van der Waals surface area contributed by atoms with E-state index in [1.54, 1.807) is 19.4 Å². The summed E-state index contributed by atoms with van der Waals surface area (Å²) in [5.41, 5.74) is 5.41. The smallest absolute Gasteiger partial charge is 0.279 e. The van der Waals surface area contributed by atoms with Crippen LogP contribution in [0.15, 0.2) is 54.9 Å². The maximum atomic E-state index is 14.2. The van der Waals surface area contributed by atoms with Crippen molar-refractivity contribution >= 4 is 28.8 Å². The SMILES string of the molecule is COc1ccc(-c2nc3c(n2C(C)C)C(c2ccc(Cl)cc2)N(c2cc(C)c4nnc(C)n4c2)C3=O)cn1. The summed E-state index contributed by atoms with van der Waals surface area (Å²) < 4.78 is 9.28. The standard InChI is InChI=1S/C28H26ClN7O2/c1-15(2)35-25-23(31-27(35)19-8-11-22(38-5)30-13-19)28(37)36(24(25)18-6-9-20(29)10-7-18)21-12-16(3)26-33-32-17(4)34(26)14-21/h6-15,24H,1-5H3. The molecule has 1 aliphatic heterocycles. The van der Waals surface area contributed by atoms with E-state index in [9.17, 15) is 4.79 Å². The van der Waals surface area contributed by atoms with Crippen LogP contribution < -0.4 is 9.64 Å². The number of rotatable bonds is 5. The number of imidazole rings is 1. The lowest BCUT2D eigenvalue weighted by Crippen LogP contribution is -2.30. The minimum absolute atomic E-state index is 0.0233. The summed E-state index contributed by atoms with van der Waals surface area (Å²) in [5, 5.41) is 9.13. The second-order valence-corrected chi connectivity index (χ2v) is 10.1. The Morgan fingerprint density at radius 2 is 1.82 bits per heavy atom. The van der Waals surface area contributed by atoms with Gasteiger partial charge in [0.05, 0.1) is 18.5 Å². The lowest BCUT2D eigenvalue weighted by atomic mass is 10.0. The summed E-state index contributed by atoms with van der Waals surface area (Å²) >= 11 is 6.25. The molecule has 10 heteroatoms. The third kappa shape index (κ3) is 3.65. The van der Waals surface area contributed by atoms with Crippen molar-refractivity contribution in [3.63, 3.8) is 0 Å². The van der Waals surface area contributed by atoms with Gasteiger partial charge in [-0.2, -0.15) is 0 Å². The third-order valence-electron chi connectivity index (χ3n) is 6.92. The molecule has 0 N–H and O–H groups in total. The zero-order chi connectivity index (χ0) is 26.7. The first kappa shape index (κ1) is 24.1. The van der Waals surface area contributed by atoms with E-state index in [-0.39, 0.29) is 11.9 Å². The molecule has 1 unspecified atom stereocenters. The third-order valence-corrected chi connectivity index (χ3v) is 7.17. The van der Waals surface area contributed by atoms with Gasteiger partial charge in [-0.15, -0.1) is 10.2 Å². The Morgan fingerprint density at radius 1 is 1.05 bits per heavy atom. The van der Waals surface area contributed by atoms with E-state index in [4.69, 9.17) is 21.3 Å². The molecule has 1 atom stereocenters. The summed E-state index contributed by atoms with van der Waals surface area (Å²) in [6.45, 7) is 8.04. The monoisotopic (exact) mass is 527 g/mol. The molecule has 4 aromatic heterocycles. The molecule has 1 amide bonds. The molecule has 38 heavy (non-hydrogen) atoms. The molecule has 6 rings (SSSR count). The number of fused-ring (bicyclic) bond motifs is 2. The molecule has 1 aromatic carbocycles. The van der Waals surface area contributed by atoms with E-state index in [1.165, 1.54) is 0 Å². The molecule has 0 spiro atoms. The van der Waals surface area contributed by atoms with Gasteiger partial charge in [0.15, 0.2) is 11.3 Å². The largest absolute Gasteiger partial charge is 0.481 e. The fourth-order valence-corrected chi connectivity index (χ4v) is 5.30. The number of benzene rings is 1. The zero-order valence-corrected chi connectivity index (χ0v) is 22.4. The van der Waals surface area contributed by atoms with Gasteiger partial charge >= 0.3 is 0 Å². The number of carbonyl (C=O) groups is 1. The lowest BCUT2D eigenvalue weighted by molar-refractivity contribution is 0.0989. The van der Waals surface area contributed by atoms with E-state index in [0.29, 0.717) is 22.4 Å². The van der Waals surface area contributed by atoms with Crippen molar-refractivity contribution in [1.29, 1.82) is 0 Å². The van der Waals surface area contributed by atoms with Crippen molar-refractivity contribution in [3.05, 3.63) is 88.2 Å². The Morgan fingerprint density at radius 3 is 2.47 bits per heavy atom. The summed E-state index contributed by atoms with van der Waals surface area (Å²) in [6.07, 6.45) is 3.64. The number of nitrogens with zero attached hydrogens (tertiary/aromatic N) is 7. The number of pyridine rings is 2. The van der Waals surface area contributed by atoms with Gasteiger partial charge in [0.25, 0.3) is 5.91 Å². The number of ether oxygens (including phenoxy) is 1. The van der Waals surface area contributed by atoms with Crippen LogP contribution in [-0.4, -0.2) is 42.2 Å². The fraction of sp³-hybridized carbons (Fsp3) is 0.250. The highest BCUT2D eigenvalue weighted by Crippen LogP contribution is 2.45. The van der Waals surface area contributed by atoms with Crippen LogP contribution >= 0.6 is 11.6 Å². The predicted octanol–water partition coefficient (Wildman–Crippen LogP) is 5.60. The summed E-state index contributed by atoms with van der Waals surface area (Å²) in [7, 11) is 1.58. The first-order valence-corrected chi connectivity index (χ1v) is 12.7. The lowest BCUT2D eigenvalue weighted by Gasteiger charge is -2.28. The first-order valence-electron chi connectivity index (χ1n) is 12.3. The molecular weight excluding hydrogens is 502 g/mol. The molecule has 1 aliphatic rings. The fourth-order valence-electron chi connectivity index (χ4n) is 5.18.